The lowest BCUT2D eigenvalue weighted by Gasteiger charge is -2.16. The maximum atomic E-state index is 11.9. The van der Waals surface area contributed by atoms with Gasteiger partial charge in [-0.3, -0.25) is 9.59 Å². The average Bonchev–Trinajstić information content (AvgIpc) is 2.48. The molecule has 6 heteroatoms. The zero-order chi connectivity index (χ0) is 15.7. The number of esters is 1. The number of carbonyl (C=O) groups is 2. The molecule has 0 radical (unpaired) electrons. The number of carbonyl (C=O) groups excluding carboxylic acids is 2. The monoisotopic (exact) mass is 329 g/mol. The SMILES string of the molecule is COC(=O)CCCN(C)C(=O)CCSc1ccc(Cl)cc1. The number of nitrogens with zero attached hydrogens (tertiary/aromatic N) is 1. The molecule has 0 aliphatic carbocycles. The van der Waals surface area contributed by atoms with Crippen molar-refractivity contribution in [2.24, 2.45) is 0 Å². The second-order valence-corrected chi connectivity index (χ2v) is 6.15. The Morgan fingerprint density at radius 2 is 1.90 bits per heavy atom. The molecule has 1 aromatic rings. The van der Waals surface area contributed by atoms with E-state index in [0.717, 1.165) is 10.6 Å². The van der Waals surface area contributed by atoms with Crippen LogP contribution in [0.25, 0.3) is 0 Å². The van der Waals surface area contributed by atoms with E-state index in [1.807, 2.05) is 24.3 Å². The van der Waals surface area contributed by atoms with E-state index < -0.39 is 0 Å². The number of benzene rings is 1. The van der Waals surface area contributed by atoms with E-state index in [1.54, 1.807) is 23.7 Å². The van der Waals surface area contributed by atoms with E-state index in [0.29, 0.717) is 30.8 Å². The van der Waals surface area contributed by atoms with Crippen LogP contribution in [-0.4, -0.2) is 43.2 Å². The smallest absolute Gasteiger partial charge is 0.305 e. The third-order valence-corrected chi connectivity index (χ3v) is 4.19. The van der Waals surface area contributed by atoms with Crippen LogP contribution in [0, 0.1) is 0 Å². The minimum atomic E-state index is -0.242. The predicted molar refractivity (Wildman–Crippen MR) is 85.7 cm³/mol. The van der Waals surface area contributed by atoms with Crippen LogP contribution in [0.15, 0.2) is 29.2 Å². The standard InChI is InChI=1S/C15H20ClNO3S/c1-17(10-3-4-15(19)20-2)14(18)9-11-21-13-7-5-12(16)6-8-13/h5-8H,3-4,9-11H2,1-2H3. The van der Waals surface area contributed by atoms with E-state index in [2.05, 4.69) is 4.74 Å². The molecule has 0 saturated carbocycles. The van der Waals surface area contributed by atoms with E-state index in [1.165, 1.54) is 7.11 Å². The highest BCUT2D eigenvalue weighted by atomic mass is 35.5. The summed E-state index contributed by atoms with van der Waals surface area (Å²) in [5, 5.41) is 0.709. The molecule has 0 atom stereocenters. The van der Waals surface area contributed by atoms with Crippen molar-refractivity contribution in [1.29, 1.82) is 0 Å². The third-order valence-electron chi connectivity index (χ3n) is 2.93. The van der Waals surface area contributed by atoms with Gasteiger partial charge in [-0.1, -0.05) is 11.6 Å². The van der Waals surface area contributed by atoms with Gasteiger partial charge in [-0.05, 0) is 30.7 Å². The minimum absolute atomic E-state index is 0.0846. The Balaban J connectivity index is 2.20. The van der Waals surface area contributed by atoms with Gasteiger partial charge in [0.2, 0.25) is 5.91 Å². The lowest BCUT2D eigenvalue weighted by molar-refractivity contribution is -0.141. The van der Waals surface area contributed by atoms with Gasteiger partial charge >= 0.3 is 5.97 Å². The molecule has 0 N–H and O–H groups in total. The zero-order valence-corrected chi connectivity index (χ0v) is 13.9. The van der Waals surface area contributed by atoms with E-state index >= 15 is 0 Å². The average molecular weight is 330 g/mol. The van der Waals surface area contributed by atoms with Crippen LogP contribution in [0.3, 0.4) is 0 Å². The van der Waals surface area contributed by atoms with Crippen LogP contribution in [0.5, 0.6) is 0 Å². The van der Waals surface area contributed by atoms with Crippen LogP contribution < -0.4 is 0 Å². The fourth-order valence-electron chi connectivity index (χ4n) is 1.67. The van der Waals surface area contributed by atoms with Crippen LogP contribution in [0.4, 0.5) is 0 Å². The number of amides is 1. The first kappa shape index (κ1) is 17.9. The molecule has 0 spiro atoms. The summed E-state index contributed by atoms with van der Waals surface area (Å²) < 4.78 is 4.56. The maximum Gasteiger partial charge on any atom is 0.305 e. The molecule has 116 valence electrons. The lowest BCUT2D eigenvalue weighted by Crippen LogP contribution is -2.28. The number of rotatable bonds is 8. The molecule has 0 aliphatic heterocycles. The van der Waals surface area contributed by atoms with E-state index in [9.17, 15) is 9.59 Å². The predicted octanol–water partition coefficient (Wildman–Crippen LogP) is 3.23. The van der Waals surface area contributed by atoms with Crippen LogP contribution >= 0.6 is 23.4 Å². The first-order chi connectivity index (χ1) is 10.0. The van der Waals surface area contributed by atoms with Crippen molar-refractivity contribution in [3.05, 3.63) is 29.3 Å². The molecule has 1 aromatic carbocycles. The minimum Gasteiger partial charge on any atom is -0.469 e. The highest BCUT2D eigenvalue weighted by Gasteiger charge is 2.09. The van der Waals surface area contributed by atoms with Gasteiger partial charge in [0.1, 0.15) is 0 Å². The quantitative estimate of drug-likeness (QED) is 0.542. The molecule has 0 saturated heterocycles. The number of halogens is 1. The molecule has 0 aromatic heterocycles. The normalized spacial score (nSPS) is 10.2. The molecule has 0 unspecified atom stereocenters. The van der Waals surface area contributed by atoms with E-state index in [-0.39, 0.29) is 11.9 Å². The van der Waals surface area contributed by atoms with Crippen molar-refractivity contribution in [3.8, 4) is 0 Å². The number of methoxy groups -OCH3 is 1. The Kier molecular flexibility index (Phi) is 8.23. The van der Waals surface area contributed by atoms with Crippen molar-refractivity contribution < 1.29 is 14.3 Å². The summed E-state index contributed by atoms with van der Waals surface area (Å²) in [5.74, 6) is 0.567. The summed E-state index contributed by atoms with van der Waals surface area (Å²) in [6.07, 6.45) is 1.44. The fraction of sp³-hybridized carbons (Fsp3) is 0.467. The molecular formula is C15H20ClNO3S. The molecule has 21 heavy (non-hydrogen) atoms. The Bertz CT molecular complexity index is 464. The van der Waals surface area contributed by atoms with Gasteiger partial charge in [0.05, 0.1) is 7.11 Å². The highest BCUT2D eigenvalue weighted by molar-refractivity contribution is 7.99. The summed E-state index contributed by atoms with van der Waals surface area (Å²) in [5.41, 5.74) is 0. The third kappa shape index (κ3) is 7.39. The summed E-state index contributed by atoms with van der Waals surface area (Å²) in [6.45, 7) is 0.569. The Morgan fingerprint density at radius 1 is 1.24 bits per heavy atom. The van der Waals surface area contributed by atoms with E-state index in [4.69, 9.17) is 11.6 Å². The van der Waals surface area contributed by atoms with Crippen molar-refractivity contribution in [2.75, 3.05) is 26.5 Å². The Morgan fingerprint density at radius 3 is 2.52 bits per heavy atom. The van der Waals surface area contributed by atoms with Crippen molar-refractivity contribution in [1.82, 2.24) is 4.90 Å². The Hall–Kier alpha value is -1.20. The topological polar surface area (TPSA) is 46.6 Å². The summed E-state index contributed by atoms with van der Waals surface area (Å²) in [4.78, 5) is 25.6. The highest BCUT2D eigenvalue weighted by Crippen LogP contribution is 2.21. The van der Waals surface area contributed by atoms with Crippen molar-refractivity contribution in [3.63, 3.8) is 0 Å². The fourth-order valence-corrected chi connectivity index (χ4v) is 2.63. The molecule has 1 amide bonds. The molecule has 4 nitrogen and oxygen atoms in total. The van der Waals surface area contributed by atoms with Gasteiger partial charge in [0, 0.05) is 42.1 Å². The molecule has 0 aliphatic rings. The zero-order valence-electron chi connectivity index (χ0n) is 12.3. The molecule has 0 fully saturated rings. The van der Waals surface area contributed by atoms with Crippen LogP contribution in [-0.2, 0) is 14.3 Å². The molecular weight excluding hydrogens is 310 g/mol. The second-order valence-electron chi connectivity index (χ2n) is 4.55. The lowest BCUT2D eigenvalue weighted by atomic mass is 10.3. The van der Waals surface area contributed by atoms with Gasteiger partial charge in [-0.2, -0.15) is 0 Å². The summed E-state index contributed by atoms with van der Waals surface area (Å²) in [7, 11) is 3.12. The van der Waals surface area contributed by atoms with Crippen molar-refractivity contribution >= 4 is 35.2 Å². The number of ether oxygens (including phenoxy) is 1. The molecule has 0 bridgehead atoms. The van der Waals surface area contributed by atoms with Gasteiger partial charge in [0.25, 0.3) is 0 Å². The summed E-state index contributed by atoms with van der Waals surface area (Å²) >= 11 is 7.44. The van der Waals surface area contributed by atoms with Gasteiger partial charge in [-0.15, -0.1) is 11.8 Å². The number of thioether (sulfide) groups is 1. The first-order valence-electron chi connectivity index (χ1n) is 6.72. The molecule has 0 heterocycles. The first-order valence-corrected chi connectivity index (χ1v) is 8.08. The van der Waals surface area contributed by atoms with Crippen LogP contribution in [0.1, 0.15) is 19.3 Å². The maximum absolute atomic E-state index is 11.9. The second kappa shape index (κ2) is 9.68. The number of hydrogen-bond donors (Lipinski definition) is 0. The number of hydrogen-bond acceptors (Lipinski definition) is 4. The van der Waals surface area contributed by atoms with Crippen LogP contribution in [0.2, 0.25) is 5.02 Å². The van der Waals surface area contributed by atoms with Gasteiger partial charge in [0.15, 0.2) is 0 Å². The Labute approximate surface area is 134 Å². The molecule has 1 rings (SSSR count). The summed E-state index contributed by atoms with van der Waals surface area (Å²) in [6, 6.07) is 7.56. The largest absolute Gasteiger partial charge is 0.469 e. The van der Waals surface area contributed by atoms with Gasteiger partial charge < -0.3 is 9.64 Å². The van der Waals surface area contributed by atoms with Crippen molar-refractivity contribution in [2.45, 2.75) is 24.2 Å². The van der Waals surface area contributed by atoms with Gasteiger partial charge in [-0.25, -0.2) is 0 Å².